The first-order chi connectivity index (χ1) is 11.9. The molecule has 0 radical (unpaired) electrons. The van der Waals surface area contributed by atoms with Gasteiger partial charge in [0, 0.05) is 6.54 Å². The fourth-order valence-electron chi connectivity index (χ4n) is 3.05. The lowest BCUT2D eigenvalue weighted by Crippen LogP contribution is -2.41. The SMILES string of the molecule is Cc1noc(C)c1S(=O)(=O)N1CCC[C@H]1C(=O)OCc1ccccc1. The van der Waals surface area contributed by atoms with Crippen molar-refractivity contribution in [1.82, 2.24) is 9.46 Å². The average Bonchev–Trinajstić information content (AvgIpc) is 3.21. The van der Waals surface area contributed by atoms with Crippen LogP contribution in [0, 0.1) is 13.8 Å². The summed E-state index contributed by atoms with van der Waals surface area (Å²) in [4.78, 5) is 12.5. The number of esters is 1. The second kappa shape index (κ2) is 6.97. The van der Waals surface area contributed by atoms with Crippen molar-refractivity contribution >= 4 is 16.0 Å². The average molecular weight is 364 g/mol. The van der Waals surface area contributed by atoms with Gasteiger partial charge in [0.05, 0.1) is 0 Å². The molecular formula is C17H20N2O5S. The normalized spacial score (nSPS) is 18.4. The van der Waals surface area contributed by atoms with Crippen LogP contribution < -0.4 is 0 Å². The minimum atomic E-state index is -3.86. The van der Waals surface area contributed by atoms with Crippen molar-refractivity contribution < 1.29 is 22.5 Å². The zero-order valence-corrected chi connectivity index (χ0v) is 15.0. The number of aromatic nitrogens is 1. The monoisotopic (exact) mass is 364 g/mol. The first-order valence-corrected chi connectivity index (χ1v) is 9.50. The smallest absolute Gasteiger partial charge is 0.324 e. The molecule has 0 aliphatic carbocycles. The highest BCUT2D eigenvalue weighted by molar-refractivity contribution is 7.89. The van der Waals surface area contributed by atoms with E-state index in [0.29, 0.717) is 18.5 Å². The van der Waals surface area contributed by atoms with Crippen molar-refractivity contribution in [2.75, 3.05) is 6.54 Å². The molecule has 2 aromatic rings. The quantitative estimate of drug-likeness (QED) is 0.756. The van der Waals surface area contributed by atoms with Gasteiger partial charge in [-0.1, -0.05) is 35.5 Å². The maximum Gasteiger partial charge on any atom is 0.324 e. The summed E-state index contributed by atoms with van der Waals surface area (Å²) >= 11 is 0. The van der Waals surface area contributed by atoms with Crippen molar-refractivity contribution in [1.29, 1.82) is 0 Å². The fraction of sp³-hybridized carbons (Fsp3) is 0.412. The van der Waals surface area contributed by atoms with Gasteiger partial charge in [0.1, 0.15) is 23.2 Å². The second-order valence-electron chi connectivity index (χ2n) is 6.02. The van der Waals surface area contributed by atoms with Crippen LogP contribution >= 0.6 is 0 Å². The Labute approximate surface area is 146 Å². The Morgan fingerprint density at radius 1 is 1.32 bits per heavy atom. The van der Waals surface area contributed by atoms with Gasteiger partial charge in [0.25, 0.3) is 0 Å². The molecule has 0 N–H and O–H groups in total. The molecule has 134 valence electrons. The van der Waals surface area contributed by atoms with E-state index in [4.69, 9.17) is 9.26 Å². The van der Waals surface area contributed by atoms with Crippen LogP contribution in [0.15, 0.2) is 39.8 Å². The number of carbonyl (C=O) groups excluding carboxylic acids is 1. The Balaban J connectivity index is 1.77. The molecule has 0 bridgehead atoms. The number of hydrogen-bond acceptors (Lipinski definition) is 6. The second-order valence-corrected chi connectivity index (χ2v) is 7.85. The number of ether oxygens (including phenoxy) is 1. The summed E-state index contributed by atoms with van der Waals surface area (Å²) in [7, 11) is -3.86. The lowest BCUT2D eigenvalue weighted by atomic mass is 10.2. The van der Waals surface area contributed by atoms with E-state index in [2.05, 4.69) is 5.16 Å². The fourth-order valence-corrected chi connectivity index (χ4v) is 4.99. The van der Waals surface area contributed by atoms with Gasteiger partial charge >= 0.3 is 5.97 Å². The van der Waals surface area contributed by atoms with Crippen molar-refractivity contribution in [3.63, 3.8) is 0 Å². The predicted molar refractivity (Wildman–Crippen MR) is 89.1 cm³/mol. The van der Waals surface area contributed by atoms with Crippen LogP contribution in [0.25, 0.3) is 0 Å². The molecule has 1 aromatic heterocycles. The van der Waals surface area contributed by atoms with Crippen LogP contribution in [-0.2, 0) is 26.2 Å². The Hall–Kier alpha value is -2.19. The molecule has 1 aliphatic heterocycles. The summed E-state index contributed by atoms with van der Waals surface area (Å²) in [6, 6.07) is 8.46. The van der Waals surface area contributed by atoms with E-state index >= 15 is 0 Å². The minimum absolute atomic E-state index is 0.0373. The molecule has 1 aliphatic rings. The van der Waals surface area contributed by atoms with Gasteiger partial charge < -0.3 is 9.26 Å². The molecule has 1 saturated heterocycles. The Morgan fingerprint density at radius 2 is 2.04 bits per heavy atom. The van der Waals surface area contributed by atoms with Crippen molar-refractivity contribution in [3.05, 3.63) is 47.3 Å². The first-order valence-electron chi connectivity index (χ1n) is 8.06. The molecule has 0 spiro atoms. The number of aryl methyl sites for hydroxylation is 2. The van der Waals surface area contributed by atoms with Gasteiger partial charge in [-0.2, -0.15) is 4.31 Å². The topological polar surface area (TPSA) is 89.7 Å². The number of sulfonamides is 1. The van der Waals surface area contributed by atoms with Crippen LogP contribution in [0.3, 0.4) is 0 Å². The lowest BCUT2D eigenvalue weighted by Gasteiger charge is -2.22. The van der Waals surface area contributed by atoms with E-state index in [0.717, 1.165) is 5.56 Å². The molecule has 0 unspecified atom stereocenters. The van der Waals surface area contributed by atoms with E-state index < -0.39 is 22.0 Å². The van der Waals surface area contributed by atoms with Gasteiger partial charge in [-0.15, -0.1) is 0 Å². The molecule has 2 heterocycles. The highest BCUT2D eigenvalue weighted by Crippen LogP contribution is 2.30. The van der Waals surface area contributed by atoms with Crippen molar-refractivity contribution in [3.8, 4) is 0 Å². The van der Waals surface area contributed by atoms with E-state index in [9.17, 15) is 13.2 Å². The van der Waals surface area contributed by atoms with Crippen LogP contribution in [0.4, 0.5) is 0 Å². The minimum Gasteiger partial charge on any atom is -0.460 e. The standard InChI is InChI=1S/C17H20N2O5S/c1-12-16(13(2)24-18-12)25(21,22)19-10-6-9-15(19)17(20)23-11-14-7-4-3-5-8-14/h3-5,7-8,15H,6,9-11H2,1-2H3/t15-/m0/s1. The Kier molecular flexibility index (Phi) is 4.91. The molecule has 1 atom stereocenters. The Bertz CT molecular complexity index is 841. The summed E-state index contributed by atoms with van der Waals surface area (Å²) in [5, 5.41) is 3.70. The van der Waals surface area contributed by atoms with Gasteiger partial charge in [-0.25, -0.2) is 8.42 Å². The molecule has 7 nitrogen and oxygen atoms in total. The van der Waals surface area contributed by atoms with Crippen LogP contribution in [0.2, 0.25) is 0 Å². The summed E-state index contributed by atoms with van der Waals surface area (Å²) in [6.45, 7) is 3.51. The number of carbonyl (C=O) groups is 1. The molecule has 1 aromatic carbocycles. The van der Waals surface area contributed by atoms with Gasteiger partial charge in [-0.3, -0.25) is 4.79 Å². The lowest BCUT2D eigenvalue weighted by molar-refractivity contribution is -0.148. The Morgan fingerprint density at radius 3 is 2.68 bits per heavy atom. The molecule has 25 heavy (non-hydrogen) atoms. The summed E-state index contributed by atoms with van der Waals surface area (Å²) in [5.41, 5.74) is 1.15. The number of hydrogen-bond donors (Lipinski definition) is 0. The maximum atomic E-state index is 12.9. The van der Waals surface area contributed by atoms with Gasteiger partial charge in [0.2, 0.25) is 10.0 Å². The molecule has 3 rings (SSSR count). The van der Waals surface area contributed by atoms with Gasteiger partial charge in [-0.05, 0) is 32.3 Å². The molecule has 0 saturated carbocycles. The summed E-state index contributed by atoms with van der Waals surface area (Å²) in [5.74, 6) is -0.308. The van der Waals surface area contributed by atoms with Crippen LogP contribution in [0.1, 0.15) is 29.9 Å². The van der Waals surface area contributed by atoms with Crippen LogP contribution in [0.5, 0.6) is 0 Å². The first kappa shape index (κ1) is 17.6. The maximum absolute atomic E-state index is 12.9. The van der Waals surface area contributed by atoms with Crippen molar-refractivity contribution in [2.45, 2.75) is 44.2 Å². The van der Waals surface area contributed by atoms with Crippen LogP contribution in [-0.4, -0.2) is 36.4 Å². The number of benzene rings is 1. The zero-order chi connectivity index (χ0) is 18.0. The number of rotatable bonds is 5. The molecule has 8 heteroatoms. The highest BCUT2D eigenvalue weighted by atomic mass is 32.2. The third kappa shape index (κ3) is 3.45. The third-order valence-corrected chi connectivity index (χ3v) is 6.39. The largest absolute Gasteiger partial charge is 0.460 e. The molecule has 0 amide bonds. The third-order valence-electron chi connectivity index (χ3n) is 4.23. The van der Waals surface area contributed by atoms with Gasteiger partial charge in [0.15, 0.2) is 5.76 Å². The van der Waals surface area contributed by atoms with E-state index in [1.54, 1.807) is 13.8 Å². The predicted octanol–water partition coefficient (Wildman–Crippen LogP) is 2.19. The van der Waals surface area contributed by atoms with E-state index in [-0.39, 0.29) is 23.8 Å². The zero-order valence-electron chi connectivity index (χ0n) is 14.1. The van der Waals surface area contributed by atoms with Crippen molar-refractivity contribution in [2.24, 2.45) is 0 Å². The molecular weight excluding hydrogens is 344 g/mol. The van der Waals surface area contributed by atoms with E-state index in [1.165, 1.54) is 4.31 Å². The highest BCUT2D eigenvalue weighted by Gasteiger charge is 2.42. The van der Waals surface area contributed by atoms with E-state index in [1.807, 2.05) is 30.3 Å². The summed E-state index contributed by atoms with van der Waals surface area (Å²) in [6.07, 6.45) is 1.05. The molecule has 1 fully saturated rings. The summed E-state index contributed by atoms with van der Waals surface area (Å²) < 4.78 is 37.4. The number of nitrogens with zero attached hydrogens (tertiary/aromatic N) is 2.